The third-order valence-electron chi connectivity index (χ3n) is 7.74. The lowest BCUT2D eigenvalue weighted by Crippen LogP contribution is -2.30. The van der Waals surface area contributed by atoms with E-state index in [4.69, 9.17) is 0 Å². The van der Waals surface area contributed by atoms with E-state index in [0.29, 0.717) is 34.5 Å². The first-order valence-corrected chi connectivity index (χ1v) is 14.7. The molecule has 0 aliphatic carbocycles. The lowest BCUT2D eigenvalue weighted by Gasteiger charge is -2.17. The summed E-state index contributed by atoms with van der Waals surface area (Å²) in [6.45, 7) is 0.509. The van der Waals surface area contributed by atoms with Crippen LogP contribution in [0.1, 0.15) is 32.5 Å². The number of amides is 2. The number of nitrogens with zero attached hydrogens (tertiary/aromatic N) is 2. The van der Waals surface area contributed by atoms with E-state index in [1.54, 1.807) is 47.4 Å². The van der Waals surface area contributed by atoms with Gasteiger partial charge in [0.15, 0.2) is 0 Å². The Labute approximate surface area is 251 Å². The van der Waals surface area contributed by atoms with Gasteiger partial charge in [-0.25, -0.2) is 0 Å². The van der Waals surface area contributed by atoms with Gasteiger partial charge in [0.25, 0.3) is 17.5 Å². The second-order valence-corrected chi connectivity index (χ2v) is 11.2. The molecular formula is C31H22IN5O5. The van der Waals surface area contributed by atoms with Crippen LogP contribution in [0.4, 0.5) is 17.1 Å². The number of anilines is 2. The summed E-state index contributed by atoms with van der Waals surface area (Å²) in [6.07, 6.45) is 0. The standard InChI is InChI=1S/C31H22IN5O5/c32-14-18-15-36(27-13-28(38)21-3-1-2-4-22(21)29(18)27)31(40)26-12-16-9-19(5-7-23(16)35-26)33-30(39)25-11-17-10-20(37(41)42)6-8-24(17)34-25/h1-13,18,34-35,38H,14-15H2,(H,33,39)/t18-/m1/s1. The Hall–Kier alpha value is -4.91. The van der Waals surface area contributed by atoms with Crippen molar-refractivity contribution in [3.8, 4) is 5.75 Å². The SMILES string of the molecule is O=C(Nc1ccc2[nH]c(C(=O)N3C[C@@H](CI)c4c3cc(O)c3ccccc43)cc2c1)c1cc2cc([N+](=O)[O-])ccc2[nH]1. The van der Waals surface area contributed by atoms with Crippen LogP contribution in [0.15, 0.2) is 78.9 Å². The van der Waals surface area contributed by atoms with E-state index in [1.807, 2.05) is 24.3 Å². The number of aromatic nitrogens is 2. The molecule has 0 radical (unpaired) electrons. The van der Waals surface area contributed by atoms with Crippen LogP contribution in [0.2, 0.25) is 0 Å². The maximum atomic E-state index is 13.8. The monoisotopic (exact) mass is 671 g/mol. The van der Waals surface area contributed by atoms with Crippen LogP contribution in [0.3, 0.4) is 0 Å². The van der Waals surface area contributed by atoms with Crippen LogP contribution in [-0.2, 0) is 0 Å². The summed E-state index contributed by atoms with van der Waals surface area (Å²) < 4.78 is 0.826. The summed E-state index contributed by atoms with van der Waals surface area (Å²) in [7, 11) is 0. The van der Waals surface area contributed by atoms with Crippen LogP contribution in [0.5, 0.6) is 5.75 Å². The fraction of sp³-hybridized carbons (Fsp3) is 0.0968. The van der Waals surface area contributed by atoms with Crippen LogP contribution < -0.4 is 10.2 Å². The molecule has 0 saturated carbocycles. The van der Waals surface area contributed by atoms with Gasteiger partial charge in [-0.15, -0.1) is 0 Å². The number of hydrogen-bond donors (Lipinski definition) is 4. The third-order valence-corrected chi connectivity index (χ3v) is 8.81. The molecule has 208 valence electrons. The molecule has 1 atom stereocenters. The fourth-order valence-electron chi connectivity index (χ4n) is 5.77. The third kappa shape index (κ3) is 4.24. The molecule has 2 amide bonds. The van der Waals surface area contributed by atoms with E-state index in [-0.39, 0.29) is 29.0 Å². The molecule has 1 aliphatic rings. The Balaban J connectivity index is 1.16. The van der Waals surface area contributed by atoms with E-state index in [2.05, 4.69) is 37.9 Å². The molecule has 7 rings (SSSR count). The van der Waals surface area contributed by atoms with Crippen LogP contribution in [-0.4, -0.2) is 42.8 Å². The van der Waals surface area contributed by atoms with E-state index < -0.39 is 10.8 Å². The van der Waals surface area contributed by atoms with E-state index in [1.165, 1.54) is 12.1 Å². The molecule has 0 unspecified atom stereocenters. The zero-order valence-electron chi connectivity index (χ0n) is 21.8. The minimum absolute atomic E-state index is 0.0518. The quantitative estimate of drug-likeness (QED) is 0.0686. The Morgan fingerprint density at radius 3 is 2.40 bits per heavy atom. The number of halogens is 1. The van der Waals surface area contributed by atoms with Crippen molar-refractivity contribution in [2.75, 3.05) is 21.2 Å². The van der Waals surface area contributed by atoms with Gasteiger partial charge < -0.3 is 25.3 Å². The topological polar surface area (TPSA) is 144 Å². The van der Waals surface area contributed by atoms with E-state index in [9.17, 15) is 24.8 Å². The summed E-state index contributed by atoms with van der Waals surface area (Å²) in [6, 6.07) is 22.4. The first-order chi connectivity index (χ1) is 20.3. The maximum absolute atomic E-state index is 13.8. The molecule has 11 heteroatoms. The lowest BCUT2D eigenvalue weighted by molar-refractivity contribution is -0.384. The molecule has 4 N–H and O–H groups in total. The molecule has 4 aromatic carbocycles. The van der Waals surface area contributed by atoms with Crippen molar-refractivity contribution in [1.82, 2.24) is 9.97 Å². The maximum Gasteiger partial charge on any atom is 0.274 e. The van der Waals surface area contributed by atoms with Gasteiger partial charge in [0.1, 0.15) is 17.1 Å². The Morgan fingerprint density at radius 2 is 1.64 bits per heavy atom. The number of rotatable bonds is 5. The molecular weight excluding hydrogens is 649 g/mol. The average molecular weight is 671 g/mol. The van der Waals surface area contributed by atoms with Gasteiger partial charge in [0, 0.05) is 68.0 Å². The molecule has 3 heterocycles. The minimum Gasteiger partial charge on any atom is -0.507 e. The number of alkyl halides is 1. The second kappa shape index (κ2) is 9.87. The van der Waals surface area contributed by atoms with Crippen molar-refractivity contribution < 1.29 is 19.6 Å². The van der Waals surface area contributed by atoms with Gasteiger partial charge in [0.2, 0.25) is 0 Å². The number of nitro benzene ring substituents is 1. The number of aromatic amines is 2. The zero-order valence-corrected chi connectivity index (χ0v) is 24.0. The fourth-order valence-corrected chi connectivity index (χ4v) is 6.49. The number of nitro groups is 1. The predicted molar refractivity (Wildman–Crippen MR) is 170 cm³/mol. The highest BCUT2D eigenvalue weighted by molar-refractivity contribution is 14.1. The van der Waals surface area contributed by atoms with Crippen molar-refractivity contribution in [1.29, 1.82) is 0 Å². The first kappa shape index (κ1) is 26.0. The number of carbonyl (C=O) groups excluding carboxylic acids is 2. The molecule has 0 spiro atoms. The Bertz CT molecular complexity index is 2100. The highest BCUT2D eigenvalue weighted by Gasteiger charge is 2.35. The van der Waals surface area contributed by atoms with Crippen molar-refractivity contribution in [3.05, 3.63) is 106 Å². The number of carbonyl (C=O) groups is 2. The first-order valence-electron chi connectivity index (χ1n) is 13.1. The van der Waals surface area contributed by atoms with E-state index in [0.717, 1.165) is 31.7 Å². The van der Waals surface area contributed by atoms with Gasteiger partial charge in [-0.1, -0.05) is 46.9 Å². The zero-order chi connectivity index (χ0) is 29.1. The van der Waals surface area contributed by atoms with Gasteiger partial charge in [-0.05, 0) is 47.3 Å². The number of nitrogens with one attached hydrogen (secondary N) is 3. The number of phenols is 1. The number of benzene rings is 4. The number of fused-ring (bicyclic) bond motifs is 5. The number of aromatic hydroxyl groups is 1. The second-order valence-electron chi connectivity index (χ2n) is 10.3. The van der Waals surface area contributed by atoms with Gasteiger partial charge in [0.05, 0.1) is 10.6 Å². The van der Waals surface area contributed by atoms with Crippen LogP contribution in [0.25, 0.3) is 32.6 Å². The lowest BCUT2D eigenvalue weighted by atomic mass is 9.95. The summed E-state index contributed by atoms with van der Waals surface area (Å²) in [5.41, 5.74) is 4.28. The predicted octanol–water partition coefficient (Wildman–Crippen LogP) is 6.85. The highest BCUT2D eigenvalue weighted by Crippen LogP contribution is 2.45. The molecule has 1 aliphatic heterocycles. The summed E-state index contributed by atoms with van der Waals surface area (Å²) in [4.78, 5) is 45.2. The smallest absolute Gasteiger partial charge is 0.274 e. The van der Waals surface area contributed by atoms with Crippen molar-refractivity contribution in [2.45, 2.75) is 5.92 Å². The molecule has 10 nitrogen and oxygen atoms in total. The highest BCUT2D eigenvalue weighted by atomic mass is 127. The van der Waals surface area contributed by atoms with Gasteiger partial charge in [-0.2, -0.15) is 0 Å². The number of H-pyrrole nitrogens is 2. The summed E-state index contributed by atoms with van der Waals surface area (Å²) >= 11 is 2.34. The number of hydrogen-bond acceptors (Lipinski definition) is 5. The number of non-ortho nitro benzene ring substituents is 1. The van der Waals surface area contributed by atoms with E-state index >= 15 is 0 Å². The van der Waals surface area contributed by atoms with Gasteiger partial charge >= 0.3 is 0 Å². The average Bonchev–Trinajstić information content (AvgIpc) is 3.71. The normalized spacial score (nSPS) is 14.5. The Morgan fingerprint density at radius 1 is 0.952 bits per heavy atom. The molecule has 0 fully saturated rings. The number of phenolic OH excluding ortho intramolecular Hbond substituents is 1. The summed E-state index contributed by atoms with van der Waals surface area (Å²) in [5, 5.41) is 27.7. The minimum atomic E-state index is -0.479. The molecule has 6 aromatic rings. The van der Waals surface area contributed by atoms with Crippen molar-refractivity contribution in [2.24, 2.45) is 0 Å². The van der Waals surface area contributed by atoms with Crippen molar-refractivity contribution >= 4 is 84.0 Å². The van der Waals surface area contributed by atoms with Crippen molar-refractivity contribution in [3.63, 3.8) is 0 Å². The summed E-state index contributed by atoms with van der Waals surface area (Å²) in [5.74, 6) is -0.323. The Kier molecular flexibility index (Phi) is 6.12. The van der Waals surface area contributed by atoms with Crippen LogP contribution >= 0.6 is 22.6 Å². The molecule has 42 heavy (non-hydrogen) atoms. The molecule has 2 aromatic heterocycles. The molecule has 0 saturated heterocycles. The van der Waals surface area contributed by atoms with Crippen LogP contribution in [0, 0.1) is 10.1 Å². The largest absolute Gasteiger partial charge is 0.507 e. The van der Waals surface area contributed by atoms with Gasteiger partial charge in [-0.3, -0.25) is 19.7 Å². The molecule has 0 bridgehead atoms.